The number of amides is 1. The van der Waals surface area contributed by atoms with E-state index in [4.69, 9.17) is 16.3 Å². The molecule has 0 aliphatic heterocycles. The first kappa shape index (κ1) is 18.4. The highest BCUT2D eigenvalue weighted by molar-refractivity contribution is 6.31. The minimum Gasteiger partial charge on any atom is -0.383 e. The van der Waals surface area contributed by atoms with E-state index < -0.39 is 0 Å². The highest BCUT2D eigenvalue weighted by Gasteiger charge is 2.19. The van der Waals surface area contributed by atoms with Crippen LogP contribution in [0.15, 0.2) is 30.6 Å². The maximum atomic E-state index is 12.6. The number of hydrogen-bond acceptors (Lipinski definition) is 5. The lowest BCUT2D eigenvalue weighted by molar-refractivity contribution is 0.0907. The van der Waals surface area contributed by atoms with Crippen LogP contribution >= 0.6 is 11.6 Å². The van der Waals surface area contributed by atoms with Gasteiger partial charge < -0.3 is 15.0 Å². The van der Waals surface area contributed by atoms with Crippen LogP contribution in [0.3, 0.4) is 0 Å². The number of aryl methyl sites for hydroxylation is 1. The van der Waals surface area contributed by atoms with Crippen molar-refractivity contribution in [3.63, 3.8) is 0 Å². The molecule has 0 aliphatic carbocycles. The Labute approximate surface area is 165 Å². The van der Waals surface area contributed by atoms with Gasteiger partial charge in [0.05, 0.1) is 23.9 Å². The number of aromatic amines is 1. The average molecular weight is 399 g/mol. The molecule has 0 aliphatic rings. The number of rotatable bonds is 5. The molecule has 3 heterocycles. The molecule has 4 aromatic rings. The first-order valence-electron chi connectivity index (χ1n) is 8.74. The maximum Gasteiger partial charge on any atom is 0.255 e. The van der Waals surface area contributed by atoms with E-state index in [1.54, 1.807) is 24.2 Å². The van der Waals surface area contributed by atoms with Crippen LogP contribution in [-0.4, -0.2) is 50.4 Å². The molecule has 0 radical (unpaired) electrons. The minimum absolute atomic E-state index is 0.122. The SMILES string of the molecule is COC[C@H](C)NC(=O)c1c[nH]c2ncc(-c3nn(C)c4cc(Cl)ccc34)nc12. The number of fused-ring (bicyclic) bond motifs is 2. The smallest absolute Gasteiger partial charge is 0.255 e. The summed E-state index contributed by atoms with van der Waals surface area (Å²) in [6.45, 7) is 2.30. The first-order valence-corrected chi connectivity index (χ1v) is 9.12. The van der Waals surface area contributed by atoms with Crippen LogP contribution in [0.1, 0.15) is 17.3 Å². The van der Waals surface area contributed by atoms with Crippen molar-refractivity contribution < 1.29 is 9.53 Å². The number of nitrogens with zero attached hydrogens (tertiary/aromatic N) is 4. The summed E-state index contributed by atoms with van der Waals surface area (Å²) in [4.78, 5) is 24.7. The molecule has 9 heteroatoms. The number of carbonyl (C=O) groups is 1. The number of hydrogen-bond donors (Lipinski definition) is 2. The van der Waals surface area contributed by atoms with E-state index in [-0.39, 0.29) is 11.9 Å². The topological polar surface area (TPSA) is 97.7 Å². The summed E-state index contributed by atoms with van der Waals surface area (Å²) >= 11 is 6.10. The Morgan fingerprint density at radius 2 is 2.25 bits per heavy atom. The van der Waals surface area contributed by atoms with Gasteiger partial charge in [0.25, 0.3) is 5.91 Å². The predicted molar refractivity (Wildman–Crippen MR) is 107 cm³/mol. The zero-order chi connectivity index (χ0) is 19.8. The third-order valence-corrected chi connectivity index (χ3v) is 4.71. The second-order valence-corrected chi connectivity index (χ2v) is 7.05. The van der Waals surface area contributed by atoms with Crippen molar-refractivity contribution in [3.05, 3.63) is 41.2 Å². The Morgan fingerprint density at radius 1 is 1.43 bits per heavy atom. The van der Waals surface area contributed by atoms with E-state index in [0.29, 0.717) is 39.7 Å². The third-order valence-electron chi connectivity index (χ3n) is 4.48. The number of halogens is 1. The van der Waals surface area contributed by atoms with Crippen LogP contribution in [0.5, 0.6) is 0 Å². The standard InChI is InChI=1S/C19H19ClN6O2/c1-10(9-28-3)23-19(27)13-7-21-18-17(13)24-14(8-22-18)16-12-5-4-11(20)6-15(12)26(2)25-16/h4-8,10H,9H2,1-3H3,(H,21,22)(H,23,27)/t10-/m0/s1. The van der Waals surface area contributed by atoms with Gasteiger partial charge >= 0.3 is 0 Å². The summed E-state index contributed by atoms with van der Waals surface area (Å²) in [6.07, 6.45) is 3.25. The molecular formula is C19H19ClN6O2. The summed E-state index contributed by atoms with van der Waals surface area (Å²) in [5, 5.41) is 9.01. The number of aromatic nitrogens is 5. The van der Waals surface area contributed by atoms with Gasteiger partial charge in [0.1, 0.15) is 16.9 Å². The number of nitrogens with one attached hydrogen (secondary N) is 2. The van der Waals surface area contributed by atoms with Gasteiger partial charge in [0, 0.05) is 36.8 Å². The highest BCUT2D eigenvalue weighted by Crippen LogP contribution is 2.29. The largest absolute Gasteiger partial charge is 0.383 e. The summed E-state index contributed by atoms with van der Waals surface area (Å²) in [7, 11) is 3.44. The Bertz CT molecular complexity index is 1180. The lowest BCUT2D eigenvalue weighted by Gasteiger charge is -2.11. The fraction of sp³-hybridized carbons (Fsp3) is 0.263. The second-order valence-electron chi connectivity index (χ2n) is 6.62. The van der Waals surface area contributed by atoms with Crippen LogP contribution in [0.25, 0.3) is 33.5 Å². The van der Waals surface area contributed by atoms with Crippen molar-refractivity contribution in [1.82, 2.24) is 30.0 Å². The number of methoxy groups -OCH3 is 1. The fourth-order valence-corrected chi connectivity index (χ4v) is 3.36. The lowest BCUT2D eigenvalue weighted by atomic mass is 10.1. The van der Waals surface area contributed by atoms with Crippen LogP contribution in [0.4, 0.5) is 0 Å². The molecule has 8 nitrogen and oxygen atoms in total. The molecule has 4 rings (SSSR count). The van der Waals surface area contributed by atoms with Crippen LogP contribution in [0.2, 0.25) is 5.02 Å². The summed E-state index contributed by atoms with van der Waals surface area (Å²) in [6, 6.07) is 5.45. The minimum atomic E-state index is -0.236. The predicted octanol–water partition coefficient (Wildman–Crippen LogP) is 2.93. The second kappa shape index (κ2) is 7.21. The van der Waals surface area contributed by atoms with E-state index in [0.717, 1.165) is 10.9 Å². The van der Waals surface area contributed by atoms with Gasteiger partial charge in [0.15, 0.2) is 5.65 Å². The Morgan fingerprint density at radius 3 is 3.04 bits per heavy atom. The number of H-pyrrole nitrogens is 1. The van der Waals surface area contributed by atoms with Crippen molar-refractivity contribution in [2.75, 3.05) is 13.7 Å². The van der Waals surface area contributed by atoms with Crippen LogP contribution in [0, 0.1) is 0 Å². The van der Waals surface area contributed by atoms with Gasteiger partial charge in [0.2, 0.25) is 0 Å². The maximum absolute atomic E-state index is 12.6. The van der Waals surface area contributed by atoms with Gasteiger partial charge in [-0.1, -0.05) is 11.6 Å². The van der Waals surface area contributed by atoms with Gasteiger partial charge in [-0.3, -0.25) is 9.48 Å². The highest BCUT2D eigenvalue weighted by atomic mass is 35.5. The zero-order valence-electron chi connectivity index (χ0n) is 15.7. The van der Waals surface area contributed by atoms with E-state index in [9.17, 15) is 4.79 Å². The van der Waals surface area contributed by atoms with Crippen LogP contribution < -0.4 is 5.32 Å². The number of carbonyl (C=O) groups excluding carboxylic acids is 1. The number of benzene rings is 1. The van der Waals surface area contributed by atoms with Crippen molar-refractivity contribution in [2.45, 2.75) is 13.0 Å². The van der Waals surface area contributed by atoms with Crippen molar-refractivity contribution in [3.8, 4) is 11.4 Å². The molecule has 1 amide bonds. The van der Waals surface area contributed by atoms with E-state index in [1.807, 2.05) is 32.2 Å². The molecular weight excluding hydrogens is 380 g/mol. The quantitative estimate of drug-likeness (QED) is 0.538. The van der Waals surface area contributed by atoms with Gasteiger partial charge in [-0.15, -0.1) is 0 Å². The summed E-state index contributed by atoms with van der Waals surface area (Å²) in [5.41, 5.74) is 3.62. The van der Waals surface area contributed by atoms with E-state index >= 15 is 0 Å². The van der Waals surface area contributed by atoms with Crippen molar-refractivity contribution in [1.29, 1.82) is 0 Å². The molecule has 0 spiro atoms. The molecule has 0 saturated heterocycles. The monoisotopic (exact) mass is 398 g/mol. The molecule has 1 aromatic carbocycles. The summed E-state index contributed by atoms with van der Waals surface area (Å²) in [5.74, 6) is -0.236. The Balaban J connectivity index is 1.77. The lowest BCUT2D eigenvalue weighted by Crippen LogP contribution is -2.35. The average Bonchev–Trinajstić information content (AvgIpc) is 3.22. The first-order chi connectivity index (χ1) is 13.5. The third kappa shape index (κ3) is 3.21. The molecule has 144 valence electrons. The van der Waals surface area contributed by atoms with Gasteiger partial charge in [-0.2, -0.15) is 5.10 Å². The Hall–Kier alpha value is -2.97. The molecule has 0 saturated carbocycles. The molecule has 0 bridgehead atoms. The molecule has 2 N–H and O–H groups in total. The van der Waals surface area contributed by atoms with Crippen molar-refractivity contribution >= 4 is 39.6 Å². The van der Waals surface area contributed by atoms with E-state index in [1.165, 1.54) is 0 Å². The zero-order valence-corrected chi connectivity index (χ0v) is 16.4. The normalized spacial score (nSPS) is 12.6. The summed E-state index contributed by atoms with van der Waals surface area (Å²) < 4.78 is 6.82. The molecule has 0 unspecified atom stereocenters. The van der Waals surface area contributed by atoms with E-state index in [2.05, 4.69) is 25.4 Å². The fourth-order valence-electron chi connectivity index (χ4n) is 3.19. The molecule has 28 heavy (non-hydrogen) atoms. The molecule has 3 aromatic heterocycles. The number of ether oxygens (including phenoxy) is 1. The Kier molecular flexibility index (Phi) is 4.74. The van der Waals surface area contributed by atoms with Gasteiger partial charge in [-0.25, -0.2) is 9.97 Å². The van der Waals surface area contributed by atoms with Crippen molar-refractivity contribution in [2.24, 2.45) is 7.05 Å². The molecule has 1 atom stereocenters. The van der Waals surface area contributed by atoms with Crippen LogP contribution in [-0.2, 0) is 11.8 Å². The van der Waals surface area contributed by atoms with Gasteiger partial charge in [-0.05, 0) is 25.1 Å². The molecule has 0 fully saturated rings.